The number of ether oxygens (including phenoxy) is 1. The van der Waals surface area contributed by atoms with E-state index in [1.165, 1.54) is 0 Å². The molecule has 0 radical (unpaired) electrons. The van der Waals surface area contributed by atoms with Crippen LogP contribution in [0.1, 0.15) is 18.1 Å². The molecule has 0 saturated carbocycles. The van der Waals surface area contributed by atoms with E-state index in [1.54, 1.807) is 6.20 Å². The highest BCUT2D eigenvalue weighted by atomic mass is 79.9. The molecule has 2 aromatic rings. The van der Waals surface area contributed by atoms with Crippen LogP contribution in [0.3, 0.4) is 0 Å². The summed E-state index contributed by atoms with van der Waals surface area (Å²) in [5.41, 5.74) is 2.05. The number of hydrogen-bond donors (Lipinski definition) is 0. The Kier molecular flexibility index (Phi) is 4.15. The van der Waals surface area contributed by atoms with Crippen LogP contribution in [0.2, 0.25) is 0 Å². The van der Waals surface area contributed by atoms with Crippen molar-refractivity contribution in [3.05, 3.63) is 58.2 Å². The van der Waals surface area contributed by atoms with Crippen molar-refractivity contribution in [1.82, 2.24) is 4.98 Å². The summed E-state index contributed by atoms with van der Waals surface area (Å²) in [7, 11) is 0. The molecule has 3 heteroatoms. The average molecular weight is 304 g/mol. The van der Waals surface area contributed by atoms with Gasteiger partial charge in [-0.15, -0.1) is 0 Å². The van der Waals surface area contributed by atoms with Crippen molar-refractivity contribution in [3.8, 4) is 11.6 Å². The van der Waals surface area contributed by atoms with Crippen LogP contribution in [0.15, 0.2) is 47.1 Å². The zero-order chi connectivity index (χ0) is 13.0. The minimum atomic E-state index is 0.634. The topological polar surface area (TPSA) is 22.1 Å². The summed E-state index contributed by atoms with van der Waals surface area (Å²) in [5, 5.41) is 0. The van der Waals surface area contributed by atoms with Gasteiger partial charge in [-0.05, 0) is 41.9 Å². The SMILES string of the molecule is C/C=C/c1ccccc1Oc1ncc(Br)cc1C. The number of hydrogen-bond acceptors (Lipinski definition) is 2. The summed E-state index contributed by atoms with van der Waals surface area (Å²) >= 11 is 3.39. The van der Waals surface area contributed by atoms with Crippen molar-refractivity contribution in [2.24, 2.45) is 0 Å². The largest absolute Gasteiger partial charge is 0.438 e. The van der Waals surface area contributed by atoms with Crippen molar-refractivity contribution < 1.29 is 4.74 Å². The zero-order valence-electron chi connectivity index (χ0n) is 10.4. The van der Waals surface area contributed by atoms with Gasteiger partial charge in [-0.25, -0.2) is 4.98 Å². The van der Waals surface area contributed by atoms with Gasteiger partial charge in [-0.2, -0.15) is 0 Å². The normalized spacial score (nSPS) is 10.8. The molecule has 0 saturated heterocycles. The Labute approximate surface area is 115 Å². The quantitative estimate of drug-likeness (QED) is 0.798. The van der Waals surface area contributed by atoms with Gasteiger partial charge in [0, 0.05) is 21.8 Å². The Morgan fingerprint density at radius 3 is 2.78 bits per heavy atom. The highest BCUT2D eigenvalue weighted by Crippen LogP contribution is 2.28. The molecule has 0 bridgehead atoms. The Morgan fingerprint density at radius 2 is 2.06 bits per heavy atom. The number of nitrogens with zero attached hydrogens (tertiary/aromatic N) is 1. The molecule has 2 rings (SSSR count). The van der Waals surface area contributed by atoms with Gasteiger partial charge in [0.05, 0.1) is 0 Å². The summed E-state index contributed by atoms with van der Waals surface area (Å²) in [6, 6.07) is 9.89. The van der Waals surface area contributed by atoms with Gasteiger partial charge in [0.2, 0.25) is 5.88 Å². The molecule has 18 heavy (non-hydrogen) atoms. The monoisotopic (exact) mass is 303 g/mol. The third kappa shape index (κ3) is 2.99. The molecule has 0 N–H and O–H groups in total. The molecule has 0 atom stereocenters. The lowest BCUT2D eigenvalue weighted by molar-refractivity contribution is 0.457. The van der Waals surface area contributed by atoms with Crippen LogP contribution in [-0.2, 0) is 0 Å². The highest BCUT2D eigenvalue weighted by molar-refractivity contribution is 9.10. The summed E-state index contributed by atoms with van der Waals surface area (Å²) in [6.07, 6.45) is 5.74. The van der Waals surface area contributed by atoms with Crippen LogP contribution in [0.5, 0.6) is 11.6 Å². The van der Waals surface area contributed by atoms with Crippen LogP contribution in [0.4, 0.5) is 0 Å². The molecule has 0 unspecified atom stereocenters. The maximum absolute atomic E-state index is 5.86. The maximum atomic E-state index is 5.86. The van der Waals surface area contributed by atoms with Crippen LogP contribution in [0, 0.1) is 6.92 Å². The molecule has 0 spiro atoms. The van der Waals surface area contributed by atoms with E-state index in [9.17, 15) is 0 Å². The molecule has 1 heterocycles. The average Bonchev–Trinajstić information content (AvgIpc) is 2.35. The third-order valence-electron chi connectivity index (χ3n) is 2.47. The predicted octanol–water partition coefficient (Wildman–Crippen LogP) is 4.98. The number of halogens is 1. The van der Waals surface area contributed by atoms with Crippen LogP contribution < -0.4 is 4.74 Å². The molecule has 0 aliphatic heterocycles. The fourth-order valence-electron chi connectivity index (χ4n) is 1.63. The molecule has 1 aromatic carbocycles. The fourth-order valence-corrected chi connectivity index (χ4v) is 2.08. The Hall–Kier alpha value is -1.61. The van der Waals surface area contributed by atoms with Gasteiger partial charge in [0.1, 0.15) is 5.75 Å². The molecule has 0 fully saturated rings. The van der Waals surface area contributed by atoms with Gasteiger partial charge < -0.3 is 4.74 Å². The minimum Gasteiger partial charge on any atom is -0.438 e. The van der Waals surface area contributed by atoms with Crippen LogP contribution in [-0.4, -0.2) is 4.98 Å². The molecular formula is C15H14BrNO. The fraction of sp³-hybridized carbons (Fsp3) is 0.133. The Morgan fingerprint density at radius 1 is 1.28 bits per heavy atom. The highest BCUT2D eigenvalue weighted by Gasteiger charge is 2.06. The Balaban J connectivity index is 2.34. The second-order valence-corrected chi connectivity index (χ2v) is 4.83. The molecule has 0 amide bonds. The van der Waals surface area contributed by atoms with E-state index in [2.05, 4.69) is 20.9 Å². The van der Waals surface area contributed by atoms with Crippen molar-refractivity contribution in [3.63, 3.8) is 0 Å². The van der Waals surface area contributed by atoms with E-state index in [4.69, 9.17) is 4.74 Å². The minimum absolute atomic E-state index is 0.634. The number of pyridine rings is 1. The van der Waals surface area contributed by atoms with E-state index in [1.807, 2.05) is 56.3 Å². The molecule has 0 aliphatic rings. The summed E-state index contributed by atoms with van der Waals surface area (Å²) in [6.45, 7) is 3.96. The van der Waals surface area contributed by atoms with Gasteiger partial charge in [-0.3, -0.25) is 0 Å². The second kappa shape index (κ2) is 5.83. The molecule has 1 aromatic heterocycles. The van der Waals surface area contributed by atoms with Crippen molar-refractivity contribution in [1.29, 1.82) is 0 Å². The van der Waals surface area contributed by atoms with E-state index in [-0.39, 0.29) is 0 Å². The lowest BCUT2D eigenvalue weighted by Crippen LogP contribution is -1.92. The van der Waals surface area contributed by atoms with Crippen molar-refractivity contribution >= 4 is 22.0 Å². The van der Waals surface area contributed by atoms with E-state index < -0.39 is 0 Å². The number of aryl methyl sites for hydroxylation is 1. The Bertz CT molecular complexity index is 578. The first kappa shape index (κ1) is 12.8. The second-order valence-electron chi connectivity index (χ2n) is 3.92. The molecule has 0 aliphatic carbocycles. The summed E-state index contributed by atoms with van der Waals surface area (Å²) in [4.78, 5) is 4.28. The number of para-hydroxylation sites is 1. The van der Waals surface area contributed by atoms with Crippen molar-refractivity contribution in [2.75, 3.05) is 0 Å². The van der Waals surface area contributed by atoms with Gasteiger partial charge in [0.15, 0.2) is 0 Å². The van der Waals surface area contributed by atoms with E-state index in [0.29, 0.717) is 5.88 Å². The molecular weight excluding hydrogens is 290 g/mol. The number of benzene rings is 1. The third-order valence-corrected chi connectivity index (χ3v) is 2.90. The first-order chi connectivity index (χ1) is 8.70. The maximum Gasteiger partial charge on any atom is 0.222 e. The lowest BCUT2D eigenvalue weighted by Gasteiger charge is -2.10. The van der Waals surface area contributed by atoms with Gasteiger partial charge in [-0.1, -0.05) is 30.4 Å². The summed E-state index contributed by atoms with van der Waals surface area (Å²) < 4.78 is 6.82. The lowest BCUT2D eigenvalue weighted by atomic mass is 10.2. The van der Waals surface area contributed by atoms with Crippen molar-refractivity contribution in [2.45, 2.75) is 13.8 Å². The number of rotatable bonds is 3. The molecule has 2 nitrogen and oxygen atoms in total. The van der Waals surface area contributed by atoms with E-state index >= 15 is 0 Å². The van der Waals surface area contributed by atoms with Gasteiger partial charge in [0.25, 0.3) is 0 Å². The predicted molar refractivity (Wildman–Crippen MR) is 77.9 cm³/mol. The smallest absolute Gasteiger partial charge is 0.222 e. The van der Waals surface area contributed by atoms with Crippen LogP contribution >= 0.6 is 15.9 Å². The first-order valence-electron chi connectivity index (χ1n) is 5.72. The number of aromatic nitrogens is 1. The number of allylic oxidation sites excluding steroid dienone is 1. The van der Waals surface area contributed by atoms with E-state index in [0.717, 1.165) is 21.3 Å². The van der Waals surface area contributed by atoms with Gasteiger partial charge >= 0.3 is 0 Å². The first-order valence-corrected chi connectivity index (χ1v) is 6.51. The molecule has 92 valence electrons. The summed E-state index contributed by atoms with van der Waals surface area (Å²) in [5.74, 6) is 1.45. The standard InChI is InChI=1S/C15H14BrNO/c1-3-6-12-7-4-5-8-14(12)18-15-11(2)9-13(16)10-17-15/h3-10H,1-2H3/b6-3+. The van der Waals surface area contributed by atoms with Crippen LogP contribution in [0.25, 0.3) is 6.08 Å². The zero-order valence-corrected chi connectivity index (χ0v) is 11.9.